The number of carbonyl (C=O) groups is 2. The van der Waals surface area contributed by atoms with Gasteiger partial charge in [0.2, 0.25) is 0 Å². The van der Waals surface area contributed by atoms with Crippen LogP contribution in [0.4, 0.5) is 0 Å². The fraction of sp³-hybridized carbons (Fsp3) is 0.243. The number of nitrogens with zero attached hydrogens (tertiary/aromatic N) is 3. The predicted molar refractivity (Wildman–Crippen MR) is 182 cm³/mol. The second kappa shape index (κ2) is 12.9. The highest BCUT2D eigenvalue weighted by Gasteiger charge is 2.34. The molecule has 10 heteroatoms. The zero-order valence-electron chi connectivity index (χ0n) is 27.1. The summed E-state index contributed by atoms with van der Waals surface area (Å²) in [6.45, 7) is 9.80. The topological polar surface area (TPSA) is 101 Å². The van der Waals surface area contributed by atoms with E-state index in [1.165, 1.54) is 11.3 Å². The van der Waals surface area contributed by atoms with Crippen molar-refractivity contribution in [2.24, 2.45) is 4.99 Å². The maximum Gasteiger partial charge on any atom is 0.338 e. The molecule has 9 nitrogen and oxygen atoms in total. The van der Waals surface area contributed by atoms with Crippen LogP contribution in [0, 0.1) is 13.8 Å². The van der Waals surface area contributed by atoms with Gasteiger partial charge >= 0.3 is 11.9 Å². The lowest BCUT2D eigenvalue weighted by Crippen LogP contribution is -2.40. The van der Waals surface area contributed by atoms with Crippen LogP contribution in [0.15, 0.2) is 87.8 Å². The van der Waals surface area contributed by atoms with E-state index in [2.05, 4.69) is 4.57 Å². The van der Waals surface area contributed by atoms with E-state index in [9.17, 15) is 14.4 Å². The first-order valence-corrected chi connectivity index (χ1v) is 16.2. The number of aryl methyl sites for hydroxylation is 1. The lowest BCUT2D eigenvalue weighted by Gasteiger charge is -2.26. The highest BCUT2D eigenvalue weighted by molar-refractivity contribution is 7.07. The third-order valence-corrected chi connectivity index (χ3v) is 9.33. The molecule has 0 saturated heterocycles. The molecule has 3 heterocycles. The van der Waals surface area contributed by atoms with E-state index >= 15 is 0 Å². The molecule has 0 unspecified atom stereocenters. The van der Waals surface area contributed by atoms with Crippen LogP contribution in [-0.4, -0.2) is 41.4 Å². The standard InChI is InChI=1S/C37H35N3O6S/c1-7-45-35(42)24-13-15-26(16-14-24)39-21(3)19-25(23(39)5)20-31-34(41)40-33(32(36(43)46-8-2)22(4)38-37(40)47-31)29-17-18-30(44-6)28-12-10-9-11-27(28)29/h9-20,33H,7-8H2,1-6H3/b31-20-/t33-/m0/s1. The third kappa shape index (κ3) is 5.59. The lowest BCUT2D eigenvalue weighted by molar-refractivity contribution is -0.139. The smallest absolute Gasteiger partial charge is 0.338 e. The number of thiazole rings is 1. The first-order valence-electron chi connectivity index (χ1n) is 15.4. The van der Waals surface area contributed by atoms with Crippen molar-refractivity contribution in [2.75, 3.05) is 20.3 Å². The molecule has 5 aromatic rings. The number of rotatable bonds is 8. The highest BCUT2D eigenvalue weighted by Crippen LogP contribution is 2.38. The summed E-state index contributed by atoms with van der Waals surface area (Å²) in [4.78, 5) is 45.2. The summed E-state index contributed by atoms with van der Waals surface area (Å²) in [5.41, 5.74) is 5.48. The Morgan fingerprint density at radius 2 is 1.60 bits per heavy atom. The van der Waals surface area contributed by atoms with E-state index in [1.807, 2.05) is 74.5 Å². The molecule has 1 aliphatic rings. The molecule has 0 radical (unpaired) electrons. The Morgan fingerprint density at radius 3 is 2.28 bits per heavy atom. The van der Waals surface area contributed by atoms with E-state index in [0.717, 1.165) is 39.0 Å². The van der Waals surface area contributed by atoms with E-state index in [1.54, 1.807) is 44.6 Å². The molecule has 0 spiro atoms. The number of hydrogen-bond acceptors (Lipinski definition) is 8. The van der Waals surface area contributed by atoms with Crippen molar-refractivity contribution < 1.29 is 23.8 Å². The Morgan fingerprint density at radius 1 is 0.915 bits per heavy atom. The summed E-state index contributed by atoms with van der Waals surface area (Å²) in [7, 11) is 1.62. The largest absolute Gasteiger partial charge is 0.496 e. The molecule has 2 aromatic heterocycles. The Bertz CT molecular complexity index is 2260. The quantitative estimate of drug-likeness (QED) is 0.205. The number of carbonyl (C=O) groups excluding carboxylic acids is 2. The number of aromatic nitrogens is 2. The van der Waals surface area contributed by atoms with Crippen molar-refractivity contribution in [3.8, 4) is 11.4 Å². The fourth-order valence-corrected chi connectivity index (χ4v) is 7.27. The van der Waals surface area contributed by atoms with Gasteiger partial charge in [-0.25, -0.2) is 14.6 Å². The fourth-order valence-electron chi connectivity index (χ4n) is 6.23. The number of hydrogen-bond donors (Lipinski definition) is 0. The van der Waals surface area contributed by atoms with Crippen molar-refractivity contribution in [3.63, 3.8) is 0 Å². The Labute approximate surface area is 275 Å². The molecule has 0 fully saturated rings. The Hall–Kier alpha value is -5.22. The first kappa shape index (κ1) is 31.7. The molecule has 0 bridgehead atoms. The van der Waals surface area contributed by atoms with Crippen LogP contribution in [0.25, 0.3) is 22.5 Å². The van der Waals surface area contributed by atoms with Gasteiger partial charge in [-0.15, -0.1) is 0 Å². The van der Waals surface area contributed by atoms with Crippen molar-refractivity contribution >= 4 is 40.1 Å². The molecular weight excluding hydrogens is 614 g/mol. The average molecular weight is 650 g/mol. The lowest BCUT2D eigenvalue weighted by atomic mass is 9.91. The SMILES string of the molecule is CCOC(=O)C1=C(C)N=c2s/c(=C\c3cc(C)n(-c4ccc(C(=O)OCC)cc4)c3C)c(=O)n2[C@H]1c1ccc(OC)c2ccccc12. The van der Waals surface area contributed by atoms with Gasteiger partial charge in [0.05, 0.1) is 47.7 Å². The van der Waals surface area contributed by atoms with Crippen molar-refractivity contribution in [1.29, 1.82) is 0 Å². The van der Waals surface area contributed by atoms with Gasteiger partial charge in [0, 0.05) is 22.5 Å². The molecular formula is C37H35N3O6S. The number of benzene rings is 3. The van der Waals surface area contributed by atoms with Crippen LogP contribution in [0.1, 0.15) is 59.7 Å². The second-order valence-corrected chi connectivity index (χ2v) is 12.1. The minimum Gasteiger partial charge on any atom is -0.496 e. The molecule has 0 saturated carbocycles. The minimum atomic E-state index is -0.756. The van der Waals surface area contributed by atoms with Gasteiger partial charge in [-0.1, -0.05) is 41.7 Å². The highest BCUT2D eigenvalue weighted by atomic mass is 32.1. The molecule has 0 N–H and O–H groups in total. The van der Waals surface area contributed by atoms with E-state index in [4.69, 9.17) is 19.2 Å². The van der Waals surface area contributed by atoms with Gasteiger partial charge < -0.3 is 18.8 Å². The molecule has 3 aromatic carbocycles. The van der Waals surface area contributed by atoms with Crippen LogP contribution in [0.2, 0.25) is 0 Å². The van der Waals surface area contributed by atoms with Gasteiger partial charge in [-0.3, -0.25) is 9.36 Å². The molecule has 1 aliphatic heterocycles. The normalized spacial score (nSPS) is 14.6. The summed E-state index contributed by atoms with van der Waals surface area (Å²) in [5.74, 6) is -0.176. The van der Waals surface area contributed by atoms with Gasteiger partial charge in [-0.2, -0.15) is 0 Å². The summed E-state index contributed by atoms with van der Waals surface area (Å²) in [5, 5.41) is 1.73. The van der Waals surface area contributed by atoms with Crippen molar-refractivity contribution in [3.05, 3.63) is 126 Å². The monoisotopic (exact) mass is 649 g/mol. The Kier molecular flexibility index (Phi) is 8.70. The summed E-state index contributed by atoms with van der Waals surface area (Å²) in [6.07, 6.45) is 1.88. The molecule has 240 valence electrons. The van der Waals surface area contributed by atoms with Crippen LogP contribution >= 0.6 is 11.3 Å². The van der Waals surface area contributed by atoms with Gasteiger partial charge in [0.1, 0.15) is 5.75 Å². The maximum absolute atomic E-state index is 14.4. The van der Waals surface area contributed by atoms with Gasteiger partial charge in [-0.05, 0) is 93.6 Å². The second-order valence-electron chi connectivity index (χ2n) is 11.1. The molecule has 1 atom stereocenters. The van der Waals surface area contributed by atoms with E-state index in [-0.39, 0.29) is 18.1 Å². The molecule has 0 amide bonds. The Balaban J connectivity index is 1.51. The first-order chi connectivity index (χ1) is 22.7. The summed E-state index contributed by atoms with van der Waals surface area (Å²) in [6, 6.07) is 20.1. The number of esters is 2. The number of fused-ring (bicyclic) bond motifs is 2. The van der Waals surface area contributed by atoms with Crippen LogP contribution in [-0.2, 0) is 14.3 Å². The summed E-state index contributed by atoms with van der Waals surface area (Å²) < 4.78 is 20.4. The zero-order chi connectivity index (χ0) is 33.4. The van der Waals surface area contributed by atoms with Crippen molar-refractivity contribution in [2.45, 2.75) is 40.7 Å². The number of methoxy groups -OCH3 is 1. The zero-order valence-corrected chi connectivity index (χ0v) is 27.9. The van der Waals surface area contributed by atoms with Crippen molar-refractivity contribution in [1.82, 2.24) is 9.13 Å². The third-order valence-electron chi connectivity index (χ3n) is 8.34. The van der Waals surface area contributed by atoms with Crippen LogP contribution in [0.5, 0.6) is 5.75 Å². The maximum atomic E-state index is 14.4. The van der Waals surface area contributed by atoms with Crippen LogP contribution < -0.4 is 19.6 Å². The minimum absolute atomic E-state index is 0.192. The van der Waals surface area contributed by atoms with Crippen LogP contribution in [0.3, 0.4) is 0 Å². The number of allylic oxidation sites excluding steroid dienone is 1. The predicted octanol–water partition coefficient (Wildman–Crippen LogP) is 5.54. The van der Waals surface area contributed by atoms with E-state index < -0.39 is 12.0 Å². The molecule has 47 heavy (non-hydrogen) atoms. The van der Waals surface area contributed by atoms with Gasteiger partial charge in [0.25, 0.3) is 5.56 Å². The number of ether oxygens (including phenoxy) is 3. The molecule has 0 aliphatic carbocycles. The molecule has 6 rings (SSSR count). The summed E-state index contributed by atoms with van der Waals surface area (Å²) >= 11 is 1.29. The van der Waals surface area contributed by atoms with Gasteiger partial charge in [0.15, 0.2) is 4.80 Å². The van der Waals surface area contributed by atoms with E-state index in [0.29, 0.717) is 38.5 Å². The average Bonchev–Trinajstić information content (AvgIpc) is 3.52.